The molecule has 0 N–H and O–H groups in total. The summed E-state index contributed by atoms with van der Waals surface area (Å²) < 4.78 is 0. The summed E-state index contributed by atoms with van der Waals surface area (Å²) in [4.78, 5) is 12.3. The summed E-state index contributed by atoms with van der Waals surface area (Å²) in [5, 5.41) is 0. The Morgan fingerprint density at radius 1 is 0.895 bits per heavy atom. The van der Waals surface area contributed by atoms with Crippen molar-refractivity contribution in [3.8, 4) is 11.1 Å². The molecular formula is C18H18O. The van der Waals surface area contributed by atoms with Gasteiger partial charge < -0.3 is 0 Å². The van der Waals surface area contributed by atoms with Gasteiger partial charge in [0, 0.05) is 12.0 Å². The van der Waals surface area contributed by atoms with Gasteiger partial charge in [0.25, 0.3) is 0 Å². The molecule has 19 heavy (non-hydrogen) atoms. The van der Waals surface area contributed by atoms with Gasteiger partial charge in [-0.15, -0.1) is 0 Å². The van der Waals surface area contributed by atoms with Gasteiger partial charge in [0.2, 0.25) is 0 Å². The molecule has 1 heteroatoms. The normalized spacial score (nSPS) is 13.7. The molecule has 0 aliphatic heterocycles. The third kappa shape index (κ3) is 1.81. The van der Waals surface area contributed by atoms with E-state index in [1.54, 1.807) is 0 Å². The Bertz CT molecular complexity index is 680. The van der Waals surface area contributed by atoms with Crippen LogP contribution in [0.15, 0.2) is 30.3 Å². The lowest BCUT2D eigenvalue weighted by atomic mass is 9.88. The van der Waals surface area contributed by atoms with Crippen LogP contribution in [0.3, 0.4) is 0 Å². The van der Waals surface area contributed by atoms with Crippen LogP contribution in [0.5, 0.6) is 0 Å². The van der Waals surface area contributed by atoms with Gasteiger partial charge in [-0.2, -0.15) is 0 Å². The fraction of sp³-hybridized carbons (Fsp3) is 0.278. The molecule has 3 rings (SSSR count). The Morgan fingerprint density at radius 3 is 2.32 bits per heavy atom. The summed E-state index contributed by atoms with van der Waals surface area (Å²) in [5.41, 5.74) is 8.57. The molecule has 0 unspecified atom stereocenters. The van der Waals surface area contributed by atoms with E-state index >= 15 is 0 Å². The summed E-state index contributed by atoms with van der Waals surface area (Å²) in [6, 6.07) is 10.3. The van der Waals surface area contributed by atoms with Gasteiger partial charge in [-0.05, 0) is 60.6 Å². The summed E-state index contributed by atoms with van der Waals surface area (Å²) in [7, 11) is 0. The molecule has 2 aromatic carbocycles. The number of benzene rings is 2. The molecule has 1 nitrogen and oxygen atoms in total. The number of aryl methyl sites for hydroxylation is 2. The second kappa shape index (κ2) is 4.34. The predicted molar refractivity (Wildman–Crippen MR) is 78.7 cm³/mol. The fourth-order valence-corrected chi connectivity index (χ4v) is 3.07. The molecule has 0 amide bonds. The summed E-state index contributed by atoms with van der Waals surface area (Å²) in [5.74, 6) is 0.265. The van der Waals surface area contributed by atoms with E-state index in [0.717, 1.165) is 17.5 Å². The molecule has 0 saturated heterocycles. The molecule has 0 atom stereocenters. The van der Waals surface area contributed by atoms with Crippen LogP contribution in [-0.2, 0) is 6.42 Å². The first-order valence-corrected chi connectivity index (χ1v) is 6.82. The van der Waals surface area contributed by atoms with Gasteiger partial charge in [-0.25, -0.2) is 0 Å². The number of carbonyl (C=O) groups is 1. The highest BCUT2D eigenvalue weighted by Gasteiger charge is 2.22. The monoisotopic (exact) mass is 250 g/mol. The molecule has 0 saturated carbocycles. The third-order valence-electron chi connectivity index (χ3n) is 4.36. The van der Waals surface area contributed by atoms with Crippen LogP contribution in [0, 0.1) is 20.8 Å². The molecule has 0 radical (unpaired) electrons. The van der Waals surface area contributed by atoms with E-state index in [-0.39, 0.29) is 5.78 Å². The Labute approximate surface area is 114 Å². The third-order valence-corrected chi connectivity index (χ3v) is 4.36. The van der Waals surface area contributed by atoms with Crippen LogP contribution < -0.4 is 0 Å². The van der Waals surface area contributed by atoms with Crippen molar-refractivity contribution in [2.75, 3.05) is 0 Å². The Kier molecular flexibility index (Phi) is 2.78. The molecular weight excluding hydrogens is 232 g/mol. The number of ketones is 1. The molecule has 0 fully saturated rings. The predicted octanol–water partition coefficient (Wildman–Crippen LogP) is 4.41. The van der Waals surface area contributed by atoms with Gasteiger partial charge in [0.1, 0.15) is 0 Å². The van der Waals surface area contributed by atoms with E-state index in [1.807, 2.05) is 18.2 Å². The first kappa shape index (κ1) is 12.2. The zero-order chi connectivity index (χ0) is 13.6. The average molecular weight is 250 g/mol. The minimum absolute atomic E-state index is 0.265. The van der Waals surface area contributed by atoms with E-state index in [0.29, 0.717) is 6.42 Å². The Hall–Kier alpha value is -1.89. The molecule has 0 aromatic heterocycles. The molecule has 2 aromatic rings. The number of hydrogen-bond donors (Lipinski definition) is 0. The number of hydrogen-bond acceptors (Lipinski definition) is 1. The smallest absolute Gasteiger partial charge is 0.163 e. The largest absolute Gasteiger partial charge is 0.294 e. The van der Waals surface area contributed by atoms with E-state index in [9.17, 15) is 4.79 Å². The van der Waals surface area contributed by atoms with Gasteiger partial charge in [0.05, 0.1) is 0 Å². The van der Waals surface area contributed by atoms with E-state index in [1.165, 1.54) is 27.8 Å². The van der Waals surface area contributed by atoms with Crippen molar-refractivity contribution in [3.63, 3.8) is 0 Å². The Balaban J connectivity index is 2.40. The van der Waals surface area contributed by atoms with Crippen molar-refractivity contribution in [2.24, 2.45) is 0 Å². The van der Waals surface area contributed by atoms with Crippen molar-refractivity contribution in [3.05, 3.63) is 58.1 Å². The van der Waals surface area contributed by atoms with Crippen LogP contribution in [-0.4, -0.2) is 5.78 Å². The highest BCUT2D eigenvalue weighted by Crippen LogP contribution is 2.37. The van der Waals surface area contributed by atoms with Crippen LogP contribution in [0.2, 0.25) is 0 Å². The standard InChI is InChI=1S/C18H18O/c1-11-10-14-8-9-17(19)15-6-4-5-7-16(15)18(14)13(3)12(11)2/h4-7,10H,8-9H2,1-3H3. The molecule has 1 aliphatic rings. The number of rotatable bonds is 0. The SMILES string of the molecule is Cc1cc2c(c(C)c1C)-c1ccccc1C(=O)CC2. The molecule has 0 heterocycles. The minimum Gasteiger partial charge on any atom is -0.294 e. The summed E-state index contributed by atoms with van der Waals surface area (Å²) in [6.45, 7) is 6.50. The summed E-state index contributed by atoms with van der Waals surface area (Å²) in [6.07, 6.45) is 1.47. The van der Waals surface area contributed by atoms with Crippen molar-refractivity contribution < 1.29 is 4.79 Å². The van der Waals surface area contributed by atoms with E-state index in [2.05, 4.69) is 32.9 Å². The lowest BCUT2D eigenvalue weighted by Gasteiger charge is -2.16. The molecule has 1 aliphatic carbocycles. The van der Waals surface area contributed by atoms with Gasteiger partial charge in [-0.1, -0.05) is 30.3 Å². The molecule has 0 spiro atoms. The van der Waals surface area contributed by atoms with Crippen molar-refractivity contribution in [1.82, 2.24) is 0 Å². The maximum atomic E-state index is 12.3. The molecule has 0 bridgehead atoms. The number of fused-ring (bicyclic) bond motifs is 3. The second-order valence-corrected chi connectivity index (χ2v) is 5.45. The van der Waals surface area contributed by atoms with Gasteiger partial charge in [-0.3, -0.25) is 4.79 Å². The fourth-order valence-electron chi connectivity index (χ4n) is 3.07. The quantitative estimate of drug-likeness (QED) is 0.677. The van der Waals surface area contributed by atoms with Crippen LogP contribution in [0.1, 0.15) is 39.0 Å². The number of Topliss-reactive ketones (excluding diaryl/α,β-unsaturated/α-hetero) is 1. The van der Waals surface area contributed by atoms with Gasteiger partial charge >= 0.3 is 0 Å². The Morgan fingerprint density at radius 2 is 1.58 bits per heavy atom. The molecule has 96 valence electrons. The second-order valence-electron chi connectivity index (χ2n) is 5.45. The topological polar surface area (TPSA) is 17.1 Å². The van der Waals surface area contributed by atoms with E-state index in [4.69, 9.17) is 0 Å². The lowest BCUT2D eigenvalue weighted by molar-refractivity contribution is 0.0984. The lowest BCUT2D eigenvalue weighted by Crippen LogP contribution is -1.98. The van der Waals surface area contributed by atoms with E-state index < -0.39 is 0 Å². The van der Waals surface area contributed by atoms with Crippen molar-refractivity contribution in [1.29, 1.82) is 0 Å². The highest BCUT2D eigenvalue weighted by atomic mass is 16.1. The highest BCUT2D eigenvalue weighted by molar-refractivity contribution is 6.04. The van der Waals surface area contributed by atoms with Crippen molar-refractivity contribution >= 4 is 5.78 Å². The first-order valence-electron chi connectivity index (χ1n) is 6.82. The number of carbonyl (C=O) groups excluding carboxylic acids is 1. The first-order chi connectivity index (χ1) is 9.09. The minimum atomic E-state index is 0.265. The van der Waals surface area contributed by atoms with Crippen LogP contribution in [0.25, 0.3) is 11.1 Å². The maximum absolute atomic E-state index is 12.3. The van der Waals surface area contributed by atoms with Crippen LogP contribution in [0.4, 0.5) is 0 Å². The maximum Gasteiger partial charge on any atom is 0.163 e. The zero-order valence-corrected chi connectivity index (χ0v) is 11.7. The average Bonchev–Trinajstić information content (AvgIpc) is 2.55. The summed E-state index contributed by atoms with van der Waals surface area (Å²) >= 11 is 0. The van der Waals surface area contributed by atoms with Gasteiger partial charge in [0.15, 0.2) is 5.78 Å². The van der Waals surface area contributed by atoms with Crippen molar-refractivity contribution in [2.45, 2.75) is 33.6 Å². The van der Waals surface area contributed by atoms with Crippen LogP contribution >= 0.6 is 0 Å². The zero-order valence-electron chi connectivity index (χ0n) is 11.7.